The standard InChI is InChI=1S/C14H16N2O6S/c1-8-4-5-9(23(15,19)20)6-11(8)16-7-10-12(17)21-14(2,3)22-13(10)18/h4-7,16H,1-3H3,(H2,15,19,20). The summed E-state index contributed by atoms with van der Waals surface area (Å²) in [5, 5.41) is 7.77. The number of primary sulfonamides is 1. The number of ether oxygens (including phenoxy) is 2. The van der Waals surface area contributed by atoms with Gasteiger partial charge in [0, 0.05) is 25.7 Å². The molecule has 0 amide bonds. The molecule has 9 heteroatoms. The minimum atomic E-state index is -3.87. The molecule has 23 heavy (non-hydrogen) atoms. The summed E-state index contributed by atoms with van der Waals surface area (Å²) in [6, 6.07) is 4.20. The third-order valence-electron chi connectivity index (χ3n) is 3.03. The minimum Gasteiger partial charge on any atom is -0.419 e. The number of nitrogens with two attached hydrogens (primary N) is 1. The molecule has 0 unspecified atom stereocenters. The van der Waals surface area contributed by atoms with Crippen LogP contribution in [0.4, 0.5) is 5.69 Å². The Morgan fingerprint density at radius 1 is 1.17 bits per heavy atom. The van der Waals surface area contributed by atoms with Crippen LogP contribution in [0.2, 0.25) is 0 Å². The Morgan fingerprint density at radius 3 is 2.26 bits per heavy atom. The molecule has 8 nitrogen and oxygen atoms in total. The zero-order valence-corrected chi connectivity index (χ0v) is 13.6. The number of carbonyl (C=O) groups is 2. The van der Waals surface area contributed by atoms with Crippen molar-refractivity contribution in [3.8, 4) is 0 Å². The second-order valence-corrected chi connectivity index (χ2v) is 6.96. The topological polar surface area (TPSA) is 125 Å². The van der Waals surface area contributed by atoms with E-state index in [1.807, 2.05) is 0 Å². The lowest BCUT2D eigenvalue weighted by Crippen LogP contribution is -2.42. The van der Waals surface area contributed by atoms with E-state index in [1.54, 1.807) is 13.0 Å². The van der Waals surface area contributed by atoms with Gasteiger partial charge in [0.1, 0.15) is 0 Å². The molecule has 1 aliphatic rings. The van der Waals surface area contributed by atoms with Crippen LogP contribution >= 0.6 is 0 Å². The number of aryl methyl sites for hydroxylation is 1. The van der Waals surface area contributed by atoms with Gasteiger partial charge in [0.05, 0.1) is 4.90 Å². The molecule has 1 fully saturated rings. The highest BCUT2D eigenvalue weighted by atomic mass is 32.2. The number of cyclic esters (lactones) is 2. The second kappa shape index (κ2) is 5.67. The molecule has 0 aliphatic carbocycles. The molecule has 0 spiro atoms. The van der Waals surface area contributed by atoms with Crippen molar-refractivity contribution in [1.82, 2.24) is 0 Å². The van der Waals surface area contributed by atoms with Gasteiger partial charge in [-0.15, -0.1) is 0 Å². The van der Waals surface area contributed by atoms with E-state index in [4.69, 9.17) is 14.6 Å². The molecule has 0 aromatic heterocycles. The molecule has 3 N–H and O–H groups in total. The monoisotopic (exact) mass is 340 g/mol. The van der Waals surface area contributed by atoms with Crippen molar-refractivity contribution in [1.29, 1.82) is 0 Å². The summed E-state index contributed by atoms with van der Waals surface area (Å²) in [7, 11) is -3.87. The van der Waals surface area contributed by atoms with Crippen LogP contribution < -0.4 is 10.5 Å². The van der Waals surface area contributed by atoms with Crippen LogP contribution in [0.15, 0.2) is 34.9 Å². The van der Waals surface area contributed by atoms with Crippen LogP contribution in [0.1, 0.15) is 19.4 Å². The molecule has 1 saturated heterocycles. The smallest absolute Gasteiger partial charge is 0.350 e. The van der Waals surface area contributed by atoms with Crippen molar-refractivity contribution in [2.45, 2.75) is 31.5 Å². The van der Waals surface area contributed by atoms with E-state index in [2.05, 4.69) is 5.32 Å². The Labute approximate surface area is 133 Å². The first-order chi connectivity index (χ1) is 10.5. The van der Waals surface area contributed by atoms with E-state index in [0.29, 0.717) is 11.3 Å². The lowest BCUT2D eigenvalue weighted by molar-refractivity contribution is -0.222. The first-order valence-corrected chi connectivity index (χ1v) is 8.11. The zero-order chi connectivity index (χ0) is 17.4. The summed E-state index contributed by atoms with van der Waals surface area (Å²) in [6.07, 6.45) is 1.11. The number of anilines is 1. The van der Waals surface area contributed by atoms with Crippen LogP contribution in [0.5, 0.6) is 0 Å². The Bertz CT molecular complexity index is 789. The number of rotatable bonds is 3. The fourth-order valence-corrected chi connectivity index (χ4v) is 2.40. The quantitative estimate of drug-likeness (QED) is 0.473. The van der Waals surface area contributed by atoms with Gasteiger partial charge in [-0.25, -0.2) is 23.1 Å². The first-order valence-electron chi connectivity index (χ1n) is 6.56. The number of esters is 2. The number of nitrogens with one attached hydrogen (secondary N) is 1. The summed E-state index contributed by atoms with van der Waals surface area (Å²) in [5.41, 5.74) is 0.728. The molecule has 1 aliphatic heterocycles. The van der Waals surface area contributed by atoms with E-state index < -0.39 is 27.7 Å². The molecule has 124 valence electrons. The summed E-state index contributed by atoms with van der Waals surface area (Å²) < 4.78 is 32.6. The Balaban J connectivity index is 2.30. The third kappa shape index (κ3) is 3.88. The number of benzene rings is 1. The van der Waals surface area contributed by atoms with E-state index in [9.17, 15) is 18.0 Å². The number of carbonyl (C=O) groups excluding carboxylic acids is 2. The second-order valence-electron chi connectivity index (χ2n) is 5.40. The average molecular weight is 340 g/mol. The Hall–Kier alpha value is -2.39. The van der Waals surface area contributed by atoms with Gasteiger partial charge in [0.2, 0.25) is 10.0 Å². The number of hydrogen-bond donors (Lipinski definition) is 2. The number of hydrogen-bond acceptors (Lipinski definition) is 7. The zero-order valence-electron chi connectivity index (χ0n) is 12.7. The van der Waals surface area contributed by atoms with Crippen LogP contribution in [-0.4, -0.2) is 26.1 Å². The van der Waals surface area contributed by atoms with Gasteiger partial charge in [-0.3, -0.25) is 0 Å². The summed E-state index contributed by atoms with van der Waals surface area (Å²) in [4.78, 5) is 23.5. The molecule has 1 aromatic rings. The highest BCUT2D eigenvalue weighted by molar-refractivity contribution is 7.89. The predicted octanol–water partition coefficient (Wildman–Crippen LogP) is 0.774. The van der Waals surface area contributed by atoms with E-state index in [-0.39, 0.29) is 10.5 Å². The van der Waals surface area contributed by atoms with E-state index >= 15 is 0 Å². The van der Waals surface area contributed by atoms with Crippen LogP contribution in [0.25, 0.3) is 0 Å². The van der Waals surface area contributed by atoms with Crippen molar-refractivity contribution in [3.05, 3.63) is 35.5 Å². The maximum absolute atomic E-state index is 11.8. The van der Waals surface area contributed by atoms with E-state index in [1.165, 1.54) is 26.0 Å². The molecule has 0 atom stereocenters. The normalized spacial score (nSPS) is 17.3. The van der Waals surface area contributed by atoms with Gasteiger partial charge in [0.25, 0.3) is 5.79 Å². The van der Waals surface area contributed by atoms with Gasteiger partial charge in [0.15, 0.2) is 5.57 Å². The molecule has 1 heterocycles. The van der Waals surface area contributed by atoms with Crippen molar-refractivity contribution in [2.75, 3.05) is 5.32 Å². The van der Waals surface area contributed by atoms with Crippen molar-refractivity contribution in [3.63, 3.8) is 0 Å². The average Bonchev–Trinajstić information content (AvgIpc) is 2.36. The molecule has 0 saturated carbocycles. The highest BCUT2D eigenvalue weighted by Gasteiger charge is 2.38. The minimum absolute atomic E-state index is 0.0982. The van der Waals surface area contributed by atoms with Crippen LogP contribution in [0.3, 0.4) is 0 Å². The summed E-state index contributed by atoms with van der Waals surface area (Å²) in [5.74, 6) is -2.99. The fourth-order valence-electron chi connectivity index (χ4n) is 1.86. The van der Waals surface area contributed by atoms with Crippen molar-refractivity contribution in [2.24, 2.45) is 5.14 Å². The maximum atomic E-state index is 11.8. The highest BCUT2D eigenvalue weighted by Crippen LogP contribution is 2.24. The summed E-state index contributed by atoms with van der Waals surface area (Å²) in [6.45, 7) is 4.59. The van der Waals surface area contributed by atoms with Gasteiger partial charge < -0.3 is 14.8 Å². The largest absolute Gasteiger partial charge is 0.419 e. The third-order valence-corrected chi connectivity index (χ3v) is 3.94. The van der Waals surface area contributed by atoms with Gasteiger partial charge >= 0.3 is 11.9 Å². The molecule has 0 radical (unpaired) electrons. The predicted molar refractivity (Wildman–Crippen MR) is 80.5 cm³/mol. The van der Waals surface area contributed by atoms with Crippen LogP contribution in [0, 0.1) is 6.92 Å². The Kier molecular flexibility index (Phi) is 4.18. The van der Waals surface area contributed by atoms with Gasteiger partial charge in [-0.05, 0) is 24.6 Å². The molecule has 2 rings (SSSR count). The first kappa shape index (κ1) is 17.0. The SMILES string of the molecule is Cc1ccc(S(N)(=O)=O)cc1NC=C1C(=O)OC(C)(C)OC1=O. The molecule has 0 bridgehead atoms. The van der Waals surface area contributed by atoms with Crippen molar-refractivity contribution < 1.29 is 27.5 Å². The summed E-state index contributed by atoms with van der Waals surface area (Å²) >= 11 is 0. The fraction of sp³-hybridized carbons (Fsp3) is 0.286. The van der Waals surface area contributed by atoms with Gasteiger partial charge in [-0.2, -0.15) is 0 Å². The molecular weight excluding hydrogens is 324 g/mol. The lowest BCUT2D eigenvalue weighted by atomic mass is 10.2. The van der Waals surface area contributed by atoms with Crippen molar-refractivity contribution >= 4 is 27.6 Å². The van der Waals surface area contributed by atoms with Crippen LogP contribution in [-0.2, 0) is 29.1 Å². The lowest BCUT2D eigenvalue weighted by Gasteiger charge is -2.29. The molecular formula is C14H16N2O6S. The Morgan fingerprint density at radius 2 is 1.74 bits per heavy atom. The van der Waals surface area contributed by atoms with E-state index in [0.717, 1.165) is 6.20 Å². The molecule has 1 aromatic carbocycles. The number of sulfonamides is 1. The maximum Gasteiger partial charge on any atom is 0.350 e. The van der Waals surface area contributed by atoms with Gasteiger partial charge in [-0.1, -0.05) is 6.07 Å².